The Balaban J connectivity index is 1.82. The van der Waals surface area contributed by atoms with Crippen molar-refractivity contribution >= 4 is 40.2 Å². The van der Waals surface area contributed by atoms with Crippen LogP contribution in [-0.2, 0) is 9.59 Å². The van der Waals surface area contributed by atoms with Crippen molar-refractivity contribution < 1.29 is 14.7 Å². The zero-order chi connectivity index (χ0) is 13.8. The molecule has 1 atom stereocenters. The van der Waals surface area contributed by atoms with Crippen molar-refractivity contribution in [2.75, 3.05) is 11.9 Å². The fraction of sp³-hybridized carbons (Fsp3) is 0.385. The van der Waals surface area contributed by atoms with Gasteiger partial charge in [-0.3, -0.25) is 14.9 Å². The zero-order valence-electron chi connectivity index (χ0n) is 10.2. The van der Waals surface area contributed by atoms with E-state index in [-0.39, 0.29) is 18.4 Å². The number of amides is 1. The van der Waals surface area contributed by atoms with Gasteiger partial charge in [-0.1, -0.05) is 6.07 Å². The number of anilines is 1. The molecule has 102 valence electrons. The average Bonchev–Trinajstić information content (AvgIpc) is 3.13. The first kappa shape index (κ1) is 14.3. The van der Waals surface area contributed by atoms with Crippen molar-refractivity contribution in [1.29, 1.82) is 0 Å². The third-order valence-corrected chi connectivity index (χ3v) is 3.62. The molecule has 0 heterocycles. The van der Waals surface area contributed by atoms with Crippen molar-refractivity contribution in [1.82, 2.24) is 5.32 Å². The molecule has 2 rings (SSSR count). The molecular weight excluding hydrogens is 359 g/mol. The molecule has 1 amide bonds. The van der Waals surface area contributed by atoms with Crippen molar-refractivity contribution in [2.24, 2.45) is 5.92 Å². The Kier molecular flexibility index (Phi) is 4.76. The number of hydrogen-bond acceptors (Lipinski definition) is 3. The minimum absolute atomic E-state index is 0.0128. The van der Waals surface area contributed by atoms with Crippen LogP contribution in [-0.4, -0.2) is 29.6 Å². The van der Waals surface area contributed by atoms with Crippen LogP contribution in [0.25, 0.3) is 0 Å². The van der Waals surface area contributed by atoms with Crippen LogP contribution < -0.4 is 10.6 Å². The summed E-state index contributed by atoms with van der Waals surface area (Å²) in [6, 6.07) is 6.84. The molecule has 1 unspecified atom stereocenters. The van der Waals surface area contributed by atoms with E-state index in [0.717, 1.165) is 22.1 Å². The normalized spacial score (nSPS) is 15.8. The molecular formula is C13H15IN2O3. The summed E-state index contributed by atoms with van der Waals surface area (Å²) in [7, 11) is 0. The van der Waals surface area contributed by atoms with Gasteiger partial charge in [-0.05, 0) is 59.5 Å². The molecule has 1 aliphatic rings. The van der Waals surface area contributed by atoms with Crippen molar-refractivity contribution in [3.8, 4) is 0 Å². The molecule has 0 bridgehead atoms. The first-order chi connectivity index (χ1) is 9.06. The van der Waals surface area contributed by atoms with Crippen LogP contribution in [0, 0.1) is 9.49 Å². The number of aliphatic carboxylic acids is 1. The summed E-state index contributed by atoms with van der Waals surface area (Å²) in [6.07, 6.45) is 1.84. The second kappa shape index (κ2) is 6.33. The molecule has 0 aromatic heterocycles. The van der Waals surface area contributed by atoms with Gasteiger partial charge >= 0.3 is 5.97 Å². The minimum Gasteiger partial charge on any atom is -0.480 e. The van der Waals surface area contributed by atoms with E-state index in [9.17, 15) is 9.59 Å². The Bertz CT molecular complexity index is 489. The summed E-state index contributed by atoms with van der Waals surface area (Å²) in [5.41, 5.74) is 0.719. The molecule has 1 fully saturated rings. The smallest absolute Gasteiger partial charge is 0.320 e. The molecule has 0 radical (unpaired) electrons. The lowest BCUT2D eigenvalue weighted by atomic mass is 10.2. The summed E-state index contributed by atoms with van der Waals surface area (Å²) in [4.78, 5) is 22.7. The van der Waals surface area contributed by atoms with E-state index in [1.54, 1.807) is 6.07 Å². The van der Waals surface area contributed by atoms with Crippen molar-refractivity contribution in [3.05, 3.63) is 27.8 Å². The maximum absolute atomic E-state index is 11.7. The topological polar surface area (TPSA) is 78.4 Å². The van der Waals surface area contributed by atoms with Gasteiger partial charge in [-0.15, -0.1) is 0 Å². The molecule has 5 nitrogen and oxygen atoms in total. The highest BCUT2D eigenvalue weighted by Gasteiger charge is 2.36. The number of carbonyl (C=O) groups is 2. The lowest BCUT2D eigenvalue weighted by Gasteiger charge is -2.13. The van der Waals surface area contributed by atoms with Crippen LogP contribution in [0.1, 0.15) is 12.8 Å². The Morgan fingerprint density at radius 3 is 2.74 bits per heavy atom. The SMILES string of the molecule is O=C(CNC(C(=O)O)C1CC1)Nc1cccc(I)c1. The number of hydrogen-bond donors (Lipinski definition) is 3. The number of benzene rings is 1. The van der Waals surface area contributed by atoms with Crippen molar-refractivity contribution in [2.45, 2.75) is 18.9 Å². The molecule has 3 N–H and O–H groups in total. The number of nitrogens with one attached hydrogen (secondary N) is 2. The second-order valence-corrected chi connectivity index (χ2v) is 5.84. The Hall–Kier alpha value is -1.15. The van der Waals surface area contributed by atoms with E-state index >= 15 is 0 Å². The van der Waals surface area contributed by atoms with Crippen LogP contribution in [0.15, 0.2) is 24.3 Å². The van der Waals surface area contributed by atoms with E-state index in [0.29, 0.717) is 0 Å². The molecule has 6 heteroatoms. The van der Waals surface area contributed by atoms with E-state index in [2.05, 4.69) is 33.2 Å². The highest BCUT2D eigenvalue weighted by Crippen LogP contribution is 2.32. The third kappa shape index (κ3) is 4.46. The zero-order valence-corrected chi connectivity index (χ0v) is 12.4. The van der Waals surface area contributed by atoms with E-state index in [1.165, 1.54) is 0 Å². The van der Waals surface area contributed by atoms with Gasteiger partial charge in [0.05, 0.1) is 6.54 Å². The van der Waals surface area contributed by atoms with Gasteiger partial charge in [0.25, 0.3) is 0 Å². The average molecular weight is 374 g/mol. The van der Waals surface area contributed by atoms with Crippen LogP contribution >= 0.6 is 22.6 Å². The Morgan fingerprint density at radius 2 is 2.16 bits per heavy atom. The largest absolute Gasteiger partial charge is 0.480 e. The molecule has 19 heavy (non-hydrogen) atoms. The fourth-order valence-corrected chi connectivity index (χ4v) is 2.40. The standard InChI is InChI=1S/C13H15IN2O3/c14-9-2-1-3-10(6-9)16-11(17)7-15-12(13(18)19)8-4-5-8/h1-3,6,8,12,15H,4-5,7H2,(H,16,17)(H,18,19). The highest BCUT2D eigenvalue weighted by atomic mass is 127. The summed E-state index contributed by atoms with van der Waals surface area (Å²) in [5.74, 6) is -0.943. The van der Waals surface area contributed by atoms with Gasteiger partial charge in [0.2, 0.25) is 5.91 Å². The van der Waals surface area contributed by atoms with Gasteiger partial charge < -0.3 is 10.4 Å². The van der Waals surface area contributed by atoms with Crippen LogP contribution in [0.2, 0.25) is 0 Å². The number of rotatable bonds is 6. The lowest BCUT2D eigenvalue weighted by Crippen LogP contribution is -2.42. The molecule has 1 aromatic carbocycles. The summed E-state index contributed by atoms with van der Waals surface area (Å²) in [5, 5.41) is 14.6. The monoisotopic (exact) mass is 374 g/mol. The van der Waals surface area contributed by atoms with Crippen LogP contribution in [0.3, 0.4) is 0 Å². The predicted octanol–water partition coefficient (Wildman–Crippen LogP) is 1.68. The lowest BCUT2D eigenvalue weighted by molar-refractivity contribution is -0.140. The minimum atomic E-state index is -0.885. The summed E-state index contributed by atoms with van der Waals surface area (Å²) in [6.45, 7) is 0.0128. The molecule has 0 spiro atoms. The van der Waals surface area contributed by atoms with Crippen LogP contribution in [0.5, 0.6) is 0 Å². The van der Waals surface area contributed by atoms with Gasteiger partial charge in [-0.2, -0.15) is 0 Å². The second-order valence-electron chi connectivity index (χ2n) is 4.59. The molecule has 1 saturated carbocycles. The van der Waals surface area contributed by atoms with Crippen LogP contribution in [0.4, 0.5) is 5.69 Å². The molecule has 0 saturated heterocycles. The first-order valence-electron chi connectivity index (χ1n) is 6.08. The maximum Gasteiger partial charge on any atom is 0.320 e. The quantitative estimate of drug-likeness (QED) is 0.663. The maximum atomic E-state index is 11.7. The first-order valence-corrected chi connectivity index (χ1v) is 7.16. The van der Waals surface area contributed by atoms with E-state index < -0.39 is 12.0 Å². The highest BCUT2D eigenvalue weighted by molar-refractivity contribution is 14.1. The Morgan fingerprint density at radius 1 is 1.42 bits per heavy atom. The fourth-order valence-electron chi connectivity index (χ4n) is 1.86. The van der Waals surface area contributed by atoms with Gasteiger partial charge in [0.15, 0.2) is 0 Å². The molecule has 0 aliphatic heterocycles. The van der Waals surface area contributed by atoms with E-state index in [4.69, 9.17) is 5.11 Å². The van der Waals surface area contributed by atoms with Gasteiger partial charge in [-0.25, -0.2) is 0 Å². The molecule has 1 aliphatic carbocycles. The van der Waals surface area contributed by atoms with E-state index in [1.807, 2.05) is 18.2 Å². The Labute approximate surface area is 124 Å². The van der Waals surface area contributed by atoms with Crippen molar-refractivity contribution in [3.63, 3.8) is 0 Å². The van der Waals surface area contributed by atoms with Gasteiger partial charge in [0, 0.05) is 9.26 Å². The summed E-state index contributed by atoms with van der Waals surface area (Å²) >= 11 is 2.17. The number of carboxylic acid groups (broad SMARTS) is 1. The molecule has 1 aromatic rings. The summed E-state index contributed by atoms with van der Waals surface area (Å²) < 4.78 is 1.03. The number of halogens is 1. The third-order valence-electron chi connectivity index (χ3n) is 2.95. The van der Waals surface area contributed by atoms with Gasteiger partial charge in [0.1, 0.15) is 6.04 Å². The number of carboxylic acids is 1. The predicted molar refractivity (Wildman–Crippen MR) is 79.9 cm³/mol. The number of carbonyl (C=O) groups excluding carboxylic acids is 1.